The van der Waals surface area contributed by atoms with Crippen LogP contribution >= 0.6 is 0 Å². The van der Waals surface area contributed by atoms with E-state index in [0.717, 1.165) is 28.3 Å². The Labute approximate surface area is 150 Å². The van der Waals surface area contributed by atoms with Crippen molar-refractivity contribution in [3.63, 3.8) is 0 Å². The maximum Gasteiger partial charge on any atom is 0.338 e. The minimum Gasteiger partial charge on any atom is -0.454 e. The van der Waals surface area contributed by atoms with Crippen molar-refractivity contribution in [3.05, 3.63) is 67.8 Å². The summed E-state index contributed by atoms with van der Waals surface area (Å²) in [6.07, 6.45) is 0. The van der Waals surface area contributed by atoms with Gasteiger partial charge in [-0.1, -0.05) is 0 Å². The standard InChI is InChI=1S/C19H20N2O5/c1-10-7-15(13(4)12(3)11(10)2)18(22)9-26-19(23)14-5-6-16(20)17(8-14)21(24)25/h5-8H,9,20H2,1-4H3. The lowest BCUT2D eigenvalue weighted by molar-refractivity contribution is -0.383. The van der Waals surface area contributed by atoms with Crippen LogP contribution in [0.15, 0.2) is 24.3 Å². The zero-order chi connectivity index (χ0) is 19.6. The Hall–Kier alpha value is -3.22. The van der Waals surface area contributed by atoms with Gasteiger partial charge in [-0.05, 0) is 68.1 Å². The van der Waals surface area contributed by atoms with E-state index in [-0.39, 0.29) is 22.7 Å². The average molecular weight is 356 g/mol. The second-order valence-electron chi connectivity index (χ2n) is 6.15. The molecule has 2 N–H and O–H groups in total. The van der Waals surface area contributed by atoms with Gasteiger partial charge in [0.15, 0.2) is 6.61 Å². The number of carbonyl (C=O) groups excluding carboxylic acids is 2. The summed E-state index contributed by atoms with van der Waals surface area (Å²) < 4.78 is 5.03. The molecule has 0 unspecified atom stereocenters. The van der Waals surface area contributed by atoms with Crippen LogP contribution in [0, 0.1) is 37.8 Å². The summed E-state index contributed by atoms with van der Waals surface area (Å²) >= 11 is 0. The molecule has 26 heavy (non-hydrogen) atoms. The number of nitro groups is 1. The molecule has 136 valence electrons. The quantitative estimate of drug-likeness (QED) is 0.289. The van der Waals surface area contributed by atoms with Crippen molar-refractivity contribution in [2.45, 2.75) is 27.7 Å². The van der Waals surface area contributed by atoms with Gasteiger partial charge in [-0.25, -0.2) is 4.79 Å². The highest BCUT2D eigenvalue weighted by atomic mass is 16.6. The van der Waals surface area contributed by atoms with Crippen LogP contribution in [0.25, 0.3) is 0 Å². The number of aryl methyl sites for hydroxylation is 1. The monoisotopic (exact) mass is 356 g/mol. The van der Waals surface area contributed by atoms with E-state index in [1.807, 2.05) is 27.7 Å². The molecule has 0 aliphatic rings. The second kappa shape index (κ2) is 7.35. The molecule has 0 amide bonds. The molecular formula is C19H20N2O5. The molecule has 0 aliphatic carbocycles. The zero-order valence-electron chi connectivity index (χ0n) is 15.1. The second-order valence-corrected chi connectivity index (χ2v) is 6.15. The number of benzene rings is 2. The summed E-state index contributed by atoms with van der Waals surface area (Å²) in [6, 6.07) is 5.39. The fourth-order valence-electron chi connectivity index (χ4n) is 2.62. The molecule has 0 saturated heterocycles. The van der Waals surface area contributed by atoms with Gasteiger partial charge in [-0.2, -0.15) is 0 Å². The molecule has 0 bridgehead atoms. The lowest BCUT2D eigenvalue weighted by Gasteiger charge is -2.13. The molecule has 0 aromatic heterocycles. The topological polar surface area (TPSA) is 113 Å². The van der Waals surface area contributed by atoms with E-state index < -0.39 is 17.5 Å². The van der Waals surface area contributed by atoms with E-state index in [2.05, 4.69) is 0 Å². The van der Waals surface area contributed by atoms with Crippen LogP contribution in [0.1, 0.15) is 43.0 Å². The summed E-state index contributed by atoms with van der Waals surface area (Å²) in [7, 11) is 0. The number of anilines is 1. The third kappa shape index (κ3) is 3.72. The van der Waals surface area contributed by atoms with Crippen LogP contribution in [0.3, 0.4) is 0 Å². The smallest absolute Gasteiger partial charge is 0.338 e. The van der Waals surface area contributed by atoms with E-state index in [4.69, 9.17) is 10.5 Å². The number of nitrogens with two attached hydrogens (primary N) is 1. The first-order valence-electron chi connectivity index (χ1n) is 7.95. The van der Waals surface area contributed by atoms with E-state index in [9.17, 15) is 19.7 Å². The summed E-state index contributed by atoms with van der Waals surface area (Å²) in [5, 5.41) is 10.9. The Kier molecular flexibility index (Phi) is 5.40. The molecule has 0 aliphatic heterocycles. The van der Waals surface area contributed by atoms with Gasteiger partial charge in [0.25, 0.3) is 5.69 Å². The van der Waals surface area contributed by atoms with Gasteiger partial charge in [0.2, 0.25) is 5.78 Å². The molecule has 0 saturated carbocycles. The Balaban J connectivity index is 2.17. The molecule has 7 heteroatoms. The number of nitrogen functional groups attached to an aromatic ring is 1. The van der Waals surface area contributed by atoms with Crippen molar-refractivity contribution in [1.29, 1.82) is 0 Å². The number of ketones is 1. The third-order valence-corrected chi connectivity index (χ3v) is 4.58. The average Bonchev–Trinajstić information content (AvgIpc) is 2.60. The molecular weight excluding hydrogens is 336 g/mol. The molecule has 0 atom stereocenters. The van der Waals surface area contributed by atoms with Crippen LogP contribution in [0.4, 0.5) is 11.4 Å². The highest BCUT2D eigenvalue weighted by Gasteiger charge is 2.19. The minimum atomic E-state index is -0.820. The number of rotatable bonds is 5. The first kappa shape index (κ1) is 19.1. The Morgan fingerprint density at radius 3 is 2.35 bits per heavy atom. The summed E-state index contributed by atoms with van der Waals surface area (Å²) in [4.78, 5) is 34.8. The molecule has 7 nitrogen and oxygen atoms in total. The number of nitrogens with zero attached hydrogens (tertiary/aromatic N) is 1. The van der Waals surface area contributed by atoms with Gasteiger partial charge in [0.05, 0.1) is 10.5 Å². The van der Waals surface area contributed by atoms with Crippen molar-refractivity contribution in [2.75, 3.05) is 12.3 Å². The molecule has 2 aromatic rings. The van der Waals surface area contributed by atoms with E-state index in [1.165, 1.54) is 12.1 Å². The fraction of sp³-hybridized carbons (Fsp3) is 0.263. The summed E-state index contributed by atoms with van der Waals surface area (Å²) in [6.45, 7) is 7.24. The molecule has 2 rings (SSSR count). The number of hydrogen-bond donors (Lipinski definition) is 1. The number of Topliss-reactive ketones (excluding diaryl/α,β-unsaturated/α-hetero) is 1. The first-order chi connectivity index (χ1) is 12.1. The molecule has 2 aromatic carbocycles. The van der Waals surface area contributed by atoms with Gasteiger partial charge >= 0.3 is 5.97 Å². The van der Waals surface area contributed by atoms with Crippen molar-refractivity contribution < 1.29 is 19.2 Å². The number of ether oxygens (including phenoxy) is 1. The summed E-state index contributed by atoms with van der Waals surface area (Å²) in [5.74, 6) is -1.15. The fourth-order valence-corrected chi connectivity index (χ4v) is 2.62. The third-order valence-electron chi connectivity index (χ3n) is 4.58. The van der Waals surface area contributed by atoms with E-state index >= 15 is 0 Å². The van der Waals surface area contributed by atoms with Crippen molar-refractivity contribution in [2.24, 2.45) is 0 Å². The maximum atomic E-state index is 12.4. The zero-order valence-corrected chi connectivity index (χ0v) is 15.1. The Morgan fingerprint density at radius 2 is 1.73 bits per heavy atom. The number of carbonyl (C=O) groups is 2. The predicted octanol–water partition coefficient (Wildman–Crippen LogP) is 3.45. The van der Waals surface area contributed by atoms with Crippen LogP contribution < -0.4 is 5.73 Å². The van der Waals surface area contributed by atoms with Crippen molar-refractivity contribution in [3.8, 4) is 0 Å². The van der Waals surface area contributed by atoms with Crippen LogP contribution in [-0.2, 0) is 4.74 Å². The summed E-state index contributed by atoms with van der Waals surface area (Å²) in [5.41, 5.74) is 9.50. The van der Waals surface area contributed by atoms with Crippen LogP contribution in [-0.4, -0.2) is 23.3 Å². The van der Waals surface area contributed by atoms with Gasteiger partial charge < -0.3 is 10.5 Å². The maximum absolute atomic E-state index is 12.4. The van der Waals surface area contributed by atoms with E-state index in [0.29, 0.717) is 5.56 Å². The lowest BCUT2D eigenvalue weighted by atomic mass is 9.93. The van der Waals surface area contributed by atoms with Gasteiger partial charge in [-0.3, -0.25) is 14.9 Å². The molecule has 0 heterocycles. The minimum absolute atomic E-state index is 0.0355. The number of hydrogen-bond acceptors (Lipinski definition) is 6. The number of nitro benzene ring substituents is 1. The first-order valence-corrected chi connectivity index (χ1v) is 7.95. The van der Waals surface area contributed by atoms with Gasteiger partial charge in [0.1, 0.15) is 5.69 Å². The molecule has 0 spiro atoms. The SMILES string of the molecule is Cc1cc(C(=O)COC(=O)c2ccc(N)c([N+](=O)[O-])c2)c(C)c(C)c1C. The highest BCUT2D eigenvalue weighted by molar-refractivity contribution is 6.01. The lowest BCUT2D eigenvalue weighted by Crippen LogP contribution is -2.16. The normalized spacial score (nSPS) is 10.5. The number of esters is 1. The highest BCUT2D eigenvalue weighted by Crippen LogP contribution is 2.24. The molecule has 0 radical (unpaired) electrons. The Morgan fingerprint density at radius 1 is 1.08 bits per heavy atom. The van der Waals surface area contributed by atoms with Crippen LogP contribution in [0.2, 0.25) is 0 Å². The van der Waals surface area contributed by atoms with Gasteiger partial charge in [-0.15, -0.1) is 0 Å². The molecule has 0 fully saturated rings. The largest absolute Gasteiger partial charge is 0.454 e. The Bertz CT molecular complexity index is 919. The van der Waals surface area contributed by atoms with Crippen molar-refractivity contribution >= 4 is 23.1 Å². The van der Waals surface area contributed by atoms with E-state index in [1.54, 1.807) is 6.07 Å². The van der Waals surface area contributed by atoms with Gasteiger partial charge in [0, 0.05) is 11.6 Å². The van der Waals surface area contributed by atoms with Crippen molar-refractivity contribution in [1.82, 2.24) is 0 Å². The predicted molar refractivity (Wildman–Crippen MR) is 97.5 cm³/mol. The van der Waals surface area contributed by atoms with Crippen LogP contribution in [0.5, 0.6) is 0 Å².